The van der Waals surface area contributed by atoms with Crippen LogP contribution in [0.15, 0.2) is 85.1 Å². The fraction of sp³-hybridized carbons (Fsp3) is 0.310. The molecule has 0 atom stereocenters. The van der Waals surface area contributed by atoms with Gasteiger partial charge in [0.05, 0.1) is 0 Å². The van der Waals surface area contributed by atoms with Crippen LogP contribution in [0.3, 0.4) is 0 Å². The van der Waals surface area contributed by atoms with Crippen molar-refractivity contribution in [3.63, 3.8) is 0 Å². The number of hydrogen-bond donors (Lipinski definition) is 0. The van der Waals surface area contributed by atoms with E-state index in [1.807, 2.05) is 0 Å². The average molecular weight is 751 g/mol. The first-order valence-electron chi connectivity index (χ1n) is 16.0. The number of benzene rings is 4. The van der Waals surface area contributed by atoms with Gasteiger partial charge in [0.15, 0.2) is 0 Å². The van der Waals surface area contributed by atoms with Crippen molar-refractivity contribution in [3.8, 4) is 33.5 Å². The van der Waals surface area contributed by atoms with Crippen LogP contribution >= 0.6 is 0 Å². The van der Waals surface area contributed by atoms with E-state index in [0.717, 1.165) is 24.1 Å². The molecule has 4 aromatic carbocycles. The molecule has 0 aliphatic heterocycles. The van der Waals surface area contributed by atoms with Gasteiger partial charge >= 0.3 is 0 Å². The Morgan fingerprint density at radius 1 is 0.568 bits per heavy atom. The first-order valence-corrected chi connectivity index (χ1v) is 16.0. The quantitative estimate of drug-likeness (QED) is 0.164. The molecule has 223 valence electrons. The van der Waals surface area contributed by atoms with Crippen LogP contribution in [0.25, 0.3) is 33.5 Å². The molecular weight excluding hydrogens is 711 g/mol. The number of pyridine rings is 1. The van der Waals surface area contributed by atoms with Crippen molar-refractivity contribution in [2.45, 2.75) is 83.5 Å². The van der Waals surface area contributed by atoms with E-state index in [1.165, 1.54) is 79.6 Å². The number of aromatic nitrogens is 1. The van der Waals surface area contributed by atoms with Gasteiger partial charge in [-0.15, -0.1) is 34.9 Å². The molecule has 0 N–H and O–H groups in total. The summed E-state index contributed by atoms with van der Waals surface area (Å²) in [6.07, 6.45) is 6.99. The third-order valence-corrected chi connectivity index (χ3v) is 11.1. The Morgan fingerprint density at radius 2 is 1.18 bits per heavy atom. The third-order valence-electron chi connectivity index (χ3n) is 11.1. The molecule has 0 fully saturated rings. The predicted octanol–water partition coefficient (Wildman–Crippen LogP) is 10.4. The second-order valence-corrected chi connectivity index (χ2v) is 14.7. The molecule has 0 unspecified atom stereocenters. The van der Waals surface area contributed by atoms with Crippen LogP contribution in [0.4, 0.5) is 0 Å². The molecule has 8 rings (SSSR count). The minimum Gasteiger partial charge on any atom is -0.304 e. The maximum atomic E-state index is 4.92. The minimum atomic E-state index is -0.152. The molecular formula is C42H40IrN-. The molecule has 2 heteroatoms. The smallest absolute Gasteiger partial charge is 0.0195 e. The third kappa shape index (κ3) is 4.18. The molecule has 1 nitrogen and oxygen atoms in total. The van der Waals surface area contributed by atoms with Crippen molar-refractivity contribution in [2.75, 3.05) is 0 Å². The van der Waals surface area contributed by atoms with Gasteiger partial charge in [0.25, 0.3) is 0 Å². The summed E-state index contributed by atoms with van der Waals surface area (Å²) in [5, 5.41) is 0. The van der Waals surface area contributed by atoms with Crippen LogP contribution in [-0.2, 0) is 49.2 Å². The topological polar surface area (TPSA) is 12.9 Å². The molecule has 0 saturated carbocycles. The van der Waals surface area contributed by atoms with Crippen molar-refractivity contribution in [2.24, 2.45) is 0 Å². The summed E-state index contributed by atoms with van der Waals surface area (Å²) < 4.78 is 0. The van der Waals surface area contributed by atoms with Crippen molar-refractivity contribution >= 4 is 0 Å². The van der Waals surface area contributed by atoms with Crippen molar-refractivity contribution in [1.82, 2.24) is 4.98 Å². The van der Waals surface area contributed by atoms with E-state index in [1.54, 1.807) is 0 Å². The van der Waals surface area contributed by atoms with Crippen molar-refractivity contribution in [3.05, 3.63) is 136 Å². The van der Waals surface area contributed by atoms with Gasteiger partial charge in [0, 0.05) is 31.7 Å². The van der Waals surface area contributed by atoms with Gasteiger partial charge in [0.2, 0.25) is 0 Å². The average Bonchev–Trinajstić information content (AvgIpc) is 3.25. The monoisotopic (exact) mass is 751 g/mol. The Kier molecular flexibility index (Phi) is 6.74. The van der Waals surface area contributed by atoms with Crippen molar-refractivity contribution in [1.29, 1.82) is 0 Å². The Labute approximate surface area is 276 Å². The molecule has 1 aromatic heterocycles. The zero-order valence-electron chi connectivity index (χ0n) is 26.7. The van der Waals surface area contributed by atoms with Crippen LogP contribution in [0, 0.1) is 6.07 Å². The van der Waals surface area contributed by atoms with Gasteiger partial charge < -0.3 is 4.98 Å². The summed E-state index contributed by atoms with van der Waals surface area (Å²) in [7, 11) is 0. The molecule has 1 heterocycles. The van der Waals surface area contributed by atoms with E-state index in [0.29, 0.717) is 0 Å². The SMILES string of the molecule is CC1(C)c2ccccc2-c2ccc(-c3ccc4c(c3)C(C)(C)c3cc(-c5cc6c(cn5)CCCC6)[c-]cc3C4(C)C)cc21.[Ir]. The van der Waals surface area contributed by atoms with E-state index in [4.69, 9.17) is 4.98 Å². The normalized spacial score (nSPS) is 17.8. The zero-order chi connectivity index (χ0) is 29.7. The number of nitrogens with zero attached hydrogens (tertiary/aromatic N) is 1. The molecule has 44 heavy (non-hydrogen) atoms. The fourth-order valence-corrected chi connectivity index (χ4v) is 8.39. The molecule has 1 radical (unpaired) electrons. The van der Waals surface area contributed by atoms with Crippen LogP contribution in [0.2, 0.25) is 0 Å². The standard InChI is InChI=1S/C42H40N.Ir/c1-40(2)33-14-10-9-13-31(33)32-18-15-27(21-36(32)40)28-16-19-34-37(22-28)42(5,6)38-23-29(17-20-35(38)41(34,3)4)39-24-26-11-7-8-12-30(26)25-43-39;/h9-10,13-16,18-25H,7-8,11-12H2,1-6H3;/q-1;. The summed E-state index contributed by atoms with van der Waals surface area (Å²) in [5.41, 5.74) is 18.6. The number of rotatable bonds is 2. The summed E-state index contributed by atoms with van der Waals surface area (Å²) in [5.74, 6) is 0. The minimum absolute atomic E-state index is 0. The molecule has 3 aliphatic carbocycles. The Hall–Kier alpha value is -3.32. The second kappa shape index (κ2) is 10.1. The Morgan fingerprint density at radius 3 is 1.98 bits per heavy atom. The van der Waals surface area contributed by atoms with E-state index in [9.17, 15) is 0 Å². The summed E-state index contributed by atoms with van der Waals surface area (Å²) >= 11 is 0. The Bertz CT molecular complexity index is 1960. The molecule has 3 aliphatic rings. The van der Waals surface area contributed by atoms with Crippen LogP contribution in [0.5, 0.6) is 0 Å². The van der Waals surface area contributed by atoms with Crippen LogP contribution < -0.4 is 0 Å². The summed E-state index contributed by atoms with van der Waals surface area (Å²) in [4.78, 5) is 4.92. The number of aryl methyl sites for hydroxylation is 2. The van der Waals surface area contributed by atoms with Crippen LogP contribution in [-0.4, -0.2) is 4.98 Å². The summed E-state index contributed by atoms with van der Waals surface area (Å²) in [6.45, 7) is 14.3. The molecule has 0 bridgehead atoms. The fourth-order valence-electron chi connectivity index (χ4n) is 8.39. The van der Waals surface area contributed by atoms with Gasteiger partial charge in [-0.3, -0.25) is 0 Å². The number of fused-ring (bicyclic) bond motifs is 6. The molecule has 5 aromatic rings. The summed E-state index contributed by atoms with van der Waals surface area (Å²) in [6, 6.07) is 33.8. The van der Waals surface area contributed by atoms with E-state index >= 15 is 0 Å². The zero-order valence-corrected chi connectivity index (χ0v) is 29.1. The first kappa shape index (κ1) is 29.4. The van der Waals surface area contributed by atoms with Crippen molar-refractivity contribution < 1.29 is 20.1 Å². The van der Waals surface area contributed by atoms with Gasteiger partial charge in [-0.2, -0.15) is 0 Å². The number of hydrogen-bond acceptors (Lipinski definition) is 1. The van der Waals surface area contributed by atoms with E-state index in [2.05, 4.69) is 133 Å². The second-order valence-electron chi connectivity index (χ2n) is 14.7. The van der Waals surface area contributed by atoms with Gasteiger partial charge in [-0.05, 0) is 98.3 Å². The van der Waals surface area contributed by atoms with E-state index in [-0.39, 0.29) is 36.4 Å². The predicted molar refractivity (Wildman–Crippen MR) is 179 cm³/mol. The van der Waals surface area contributed by atoms with E-state index < -0.39 is 0 Å². The molecule has 0 spiro atoms. The largest absolute Gasteiger partial charge is 0.304 e. The first-order chi connectivity index (χ1) is 20.6. The van der Waals surface area contributed by atoms with Gasteiger partial charge in [0.1, 0.15) is 0 Å². The van der Waals surface area contributed by atoms with Gasteiger partial charge in [-0.1, -0.05) is 108 Å². The Balaban J connectivity index is 0.00000312. The molecule has 0 amide bonds. The van der Waals surface area contributed by atoms with Crippen LogP contribution in [0.1, 0.15) is 98.9 Å². The molecule has 0 saturated heterocycles. The maximum absolute atomic E-state index is 4.92. The van der Waals surface area contributed by atoms with Gasteiger partial charge in [-0.25, -0.2) is 0 Å². The maximum Gasteiger partial charge on any atom is 0.0195 e.